The van der Waals surface area contributed by atoms with Crippen LogP contribution in [0.2, 0.25) is 0 Å². The number of hydrogen-bond acceptors (Lipinski definition) is 6. The van der Waals surface area contributed by atoms with Crippen LogP contribution in [0.1, 0.15) is 49.7 Å². The van der Waals surface area contributed by atoms with E-state index in [4.69, 9.17) is 5.73 Å². The first-order valence-electron chi connectivity index (χ1n) is 13.4. The van der Waals surface area contributed by atoms with Crippen molar-refractivity contribution in [2.24, 2.45) is 11.7 Å². The smallest absolute Gasteiger partial charge is 0.328 e. The highest BCUT2D eigenvalue weighted by atomic mass is 16.2. The molecule has 194 valence electrons. The van der Waals surface area contributed by atoms with E-state index >= 15 is 0 Å². The van der Waals surface area contributed by atoms with Crippen LogP contribution < -0.4 is 22.1 Å². The Labute approximate surface area is 213 Å². The van der Waals surface area contributed by atoms with E-state index < -0.39 is 5.69 Å². The number of carbonyl (C=O) groups excluding carboxylic acids is 1. The second-order valence-corrected chi connectivity index (χ2v) is 10.7. The summed E-state index contributed by atoms with van der Waals surface area (Å²) in [4.78, 5) is 33.7. The van der Waals surface area contributed by atoms with Crippen LogP contribution in [0.3, 0.4) is 0 Å². The van der Waals surface area contributed by atoms with E-state index in [1.807, 2.05) is 6.07 Å². The fraction of sp³-hybridized carbons (Fsp3) is 0.593. The first-order valence-corrected chi connectivity index (χ1v) is 13.4. The molecule has 0 spiro atoms. The van der Waals surface area contributed by atoms with Gasteiger partial charge in [0, 0.05) is 57.5 Å². The SMILES string of the molecule is Cc1cc(-n2ccc(NC(=O)N3CCNCC3)nc2=O)ccc1CN(CC1CC1)[C@H]1CC[C@H](N)CC1. The minimum absolute atomic E-state index is 0.225. The summed E-state index contributed by atoms with van der Waals surface area (Å²) in [5.74, 6) is 1.12. The molecule has 2 aromatic rings. The zero-order chi connectivity index (χ0) is 25.1. The lowest BCUT2D eigenvalue weighted by molar-refractivity contribution is 0.135. The molecule has 0 radical (unpaired) electrons. The van der Waals surface area contributed by atoms with Gasteiger partial charge in [0.2, 0.25) is 0 Å². The molecule has 1 aliphatic heterocycles. The third-order valence-corrected chi connectivity index (χ3v) is 7.87. The fourth-order valence-electron chi connectivity index (χ4n) is 5.39. The summed E-state index contributed by atoms with van der Waals surface area (Å²) in [6.07, 6.45) is 8.98. The predicted octanol–water partition coefficient (Wildman–Crippen LogP) is 2.46. The van der Waals surface area contributed by atoms with Gasteiger partial charge in [-0.1, -0.05) is 6.07 Å². The van der Waals surface area contributed by atoms with Gasteiger partial charge in [0.1, 0.15) is 5.82 Å². The summed E-state index contributed by atoms with van der Waals surface area (Å²) in [5.41, 5.74) is 9.01. The molecule has 9 heteroatoms. The third kappa shape index (κ3) is 6.14. The van der Waals surface area contributed by atoms with Crippen molar-refractivity contribution in [3.05, 3.63) is 52.1 Å². The van der Waals surface area contributed by atoms with Crippen LogP contribution in [0, 0.1) is 12.8 Å². The summed E-state index contributed by atoms with van der Waals surface area (Å²) in [6.45, 7) is 7.04. The Bertz CT molecular complexity index is 1120. The van der Waals surface area contributed by atoms with Crippen molar-refractivity contribution in [1.29, 1.82) is 0 Å². The van der Waals surface area contributed by atoms with Crippen molar-refractivity contribution in [1.82, 2.24) is 24.7 Å². The zero-order valence-electron chi connectivity index (χ0n) is 21.3. The number of aryl methyl sites for hydroxylation is 1. The highest BCUT2D eigenvalue weighted by Crippen LogP contribution is 2.33. The average molecular weight is 494 g/mol. The molecule has 0 unspecified atom stereocenters. The number of rotatable bonds is 7. The van der Waals surface area contributed by atoms with Crippen LogP contribution in [-0.4, -0.2) is 70.2 Å². The number of piperazine rings is 1. The monoisotopic (exact) mass is 493 g/mol. The van der Waals surface area contributed by atoms with Gasteiger partial charge in [0.15, 0.2) is 0 Å². The molecule has 3 fully saturated rings. The lowest BCUT2D eigenvalue weighted by atomic mass is 9.90. The molecule has 2 heterocycles. The minimum Gasteiger partial charge on any atom is -0.328 e. The lowest BCUT2D eigenvalue weighted by Gasteiger charge is -2.36. The maximum Gasteiger partial charge on any atom is 0.354 e. The number of benzene rings is 1. The molecule has 3 aliphatic rings. The van der Waals surface area contributed by atoms with E-state index in [0.717, 1.165) is 44.1 Å². The number of anilines is 1. The van der Waals surface area contributed by atoms with Crippen LogP contribution in [-0.2, 0) is 6.54 Å². The van der Waals surface area contributed by atoms with Crippen molar-refractivity contribution in [2.45, 2.75) is 64.1 Å². The highest BCUT2D eigenvalue weighted by molar-refractivity contribution is 5.88. The number of nitrogens with zero attached hydrogens (tertiary/aromatic N) is 4. The van der Waals surface area contributed by atoms with E-state index in [1.54, 1.807) is 17.2 Å². The molecule has 4 N–H and O–H groups in total. The Balaban J connectivity index is 1.27. The fourth-order valence-corrected chi connectivity index (χ4v) is 5.39. The summed E-state index contributed by atoms with van der Waals surface area (Å²) >= 11 is 0. The highest BCUT2D eigenvalue weighted by Gasteiger charge is 2.30. The molecule has 9 nitrogen and oxygen atoms in total. The molecule has 1 aromatic carbocycles. The van der Waals surface area contributed by atoms with Crippen LogP contribution in [0.5, 0.6) is 0 Å². The maximum absolute atomic E-state index is 12.8. The second kappa shape index (κ2) is 11.1. The number of hydrogen-bond donors (Lipinski definition) is 3. The molecule has 5 rings (SSSR count). The van der Waals surface area contributed by atoms with E-state index in [2.05, 4.69) is 39.6 Å². The Hall–Kier alpha value is -2.75. The molecule has 1 aromatic heterocycles. The van der Waals surface area contributed by atoms with E-state index in [-0.39, 0.29) is 11.8 Å². The Kier molecular flexibility index (Phi) is 7.69. The number of nitrogens with two attached hydrogens (primary N) is 1. The molecule has 2 amide bonds. The minimum atomic E-state index is -0.408. The average Bonchev–Trinajstić information content (AvgIpc) is 3.70. The van der Waals surface area contributed by atoms with Crippen LogP contribution in [0.25, 0.3) is 5.69 Å². The lowest BCUT2D eigenvalue weighted by Crippen LogP contribution is -2.48. The number of nitrogens with one attached hydrogen (secondary N) is 2. The van der Waals surface area contributed by atoms with Gasteiger partial charge < -0.3 is 16.0 Å². The van der Waals surface area contributed by atoms with Crippen molar-refractivity contribution in [2.75, 3.05) is 38.0 Å². The van der Waals surface area contributed by atoms with Gasteiger partial charge in [0.25, 0.3) is 0 Å². The van der Waals surface area contributed by atoms with Crippen LogP contribution in [0.15, 0.2) is 35.3 Å². The second-order valence-electron chi connectivity index (χ2n) is 10.7. The van der Waals surface area contributed by atoms with Gasteiger partial charge in [-0.15, -0.1) is 0 Å². The quantitative estimate of drug-likeness (QED) is 0.547. The van der Waals surface area contributed by atoms with Gasteiger partial charge in [-0.05, 0) is 80.7 Å². The predicted molar refractivity (Wildman–Crippen MR) is 141 cm³/mol. The first kappa shape index (κ1) is 24.9. The Morgan fingerprint density at radius 3 is 2.56 bits per heavy atom. The van der Waals surface area contributed by atoms with E-state index in [9.17, 15) is 9.59 Å². The topological polar surface area (TPSA) is 109 Å². The van der Waals surface area contributed by atoms with Crippen molar-refractivity contribution in [3.63, 3.8) is 0 Å². The van der Waals surface area contributed by atoms with Gasteiger partial charge in [-0.2, -0.15) is 4.98 Å². The number of carbonyl (C=O) groups is 1. The number of amides is 2. The normalized spacial score (nSPS) is 22.6. The molecule has 0 bridgehead atoms. The van der Waals surface area contributed by atoms with Gasteiger partial charge in [0.05, 0.1) is 5.69 Å². The molecular formula is C27H39N7O2. The molecule has 1 saturated heterocycles. The summed E-state index contributed by atoms with van der Waals surface area (Å²) < 4.78 is 1.53. The number of urea groups is 1. The summed E-state index contributed by atoms with van der Waals surface area (Å²) in [7, 11) is 0. The van der Waals surface area contributed by atoms with Crippen molar-refractivity contribution < 1.29 is 4.79 Å². The van der Waals surface area contributed by atoms with E-state index in [1.165, 1.54) is 47.9 Å². The largest absolute Gasteiger partial charge is 0.354 e. The molecule has 2 saturated carbocycles. The maximum atomic E-state index is 12.8. The Morgan fingerprint density at radius 2 is 1.89 bits per heavy atom. The third-order valence-electron chi connectivity index (χ3n) is 7.87. The zero-order valence-corrected chi connectivity index (χ0v) is 21.3. The van der Waals surface area contributed by atoms with Crippen molar-refractivity contribution in [3.8, 4) is 5.69 Å². The molecule has 36 heavy (non-hydrogen) atoms. The standard InChI is InChI=1S/C27H39N7O2/c1-19-16-24(34-13-10-25(31-27(34)36)30-26(35)32-14-11-29-12-15-32)7-4-21(19)18-33(17-20-2-3-20)23-8-5-22(28)6-9-23/h4,7,10,13,16,20,22-23,29H,2-3,5-6,8-9,11-12,14-15,17-18,28H2,1H3,(H,30,31,35,36)/t22-,23-. The summed E-state index contributed by atoms with van der Waals surface area (Å²) in [5, 5.41) is 5.97. The van der Waals surface area contributed by atoms with Gasteiger partial charge in [-0.25, -0.2) is 9.59 Å². The van der Waals surface area contributed by atoms with E-state index in [0.29, 0.717) is 25.2 Å². The van der Waals surface area contributed by atoms with Gasteiger partial charge >= 0.3 is 11.7 Å². The molecule has 0 atom stereocenters. The van der Waals surface area contributed by atoms with Crippen LogP contribution in [0.4, 0.5) is 10.6 Å². The number of aromatic nitrogens is 2. The molecular weight excluding hydrogens is 454 g/mol. The summed E-state index contributed by atoms with van der Waals surface area (Å²) in [6, 6.07) is 8.62. The molecule has 2 aliphatic carbocycles. The van der Waals surface area contributed by atoms with Crippen LogP contribution >= 0.6 is 0 Å². The Morgan fingerprint density at radius 1 is 1.14 bits per heavy atom. The van der Waals surface area contributed by atoms with Gasteiger partial charge in [-0.3, -0.25) is 14.8 Å². The van der Waals surface area contributed by atoms with Crippen molar-refractivity contribution >= 4 is 11.8 Å². The first-order chi connectivity index (χ1) is 17.5.